The van der Waals surface area contributed by atoms with Crippen LogP contribution < -0.4 is 0 Å². The molecule has 0 radical (unpaired) electrons. The minimum atomic E-state index is -4.51. The van der Waals surface area contributed by atoms with Crippen LogP contribution in [0.5, 0.6) is 0 Å². The van der Waals surface area contributed by atoms with Crippen molar-refractivity contribution in [2.45, 2.75) is 64.2 Å². The zero-order chi connectivity index (χ0) is 21.1. The Morgan fingerprint density at radius 1 is 1.30 bits per heavy atom. The van der Waals surface area contributed by atoms with Gasteiger partial charge in [0.25, 0.3) is 0 Å². The SMILES string of the molecule is Cc1cc(C(F)(F)F)nn1CC(=O)N1CC(c2nncn2CC2CC2)C2(CCC2)C1. The number of aryl methyl sites for hydroxylation is 1. The maximum absolute atomic E-state index is 13.0. The summed E-state index contributed by atoms with van der Waals surface area (Å²) in [5.74, 6) is 1.58. The summed E-state index contributed by atoms with van der Waals surface area (Å²) in [6.45, 7) is 3.44. The van der Waals surface area contributed by atoms with E-state index in [1.807, 2.05) is 0 Å². The van der Waals surface area contributed by atoms with Crippen LogP contribution in [0.25, 0.3) is 0 Å². The zero-order valence-electron chi connectivity index (χ0n) is 16.9. The summed E-state index contributed by atoms with van der Waals surface area (Å²) in [7, 11) is 0. The molecule has 30 heavy (non-hydrogen) atoms. The lowest BCUT2D eigenvalue weighted by molar-refractivity contribution is -0.142. The maximum atomic E-state index is 13.0. The number of halogens is 3. The number of likely N-dealkylation sites (tertiary alicyclic amines) is 1. The lowest BCUT2D eigenvalue weighted by Gasteiger charge is -2.42. The van der Waals surface area contributed by atoms with Crippen molar-refractivity contribution >= 4 is 5.91 Å². The van der Waals surface area contributed by atoms with Crippen LogP contribution in [0.15, 0.2) is 12.4 Å². The molecule has 2 aromatic rings. The fourth-order valence-corrected chi connectivity index (χ4v) is 4.94. The molecule has 1 atom stereocenters. The van der Waals surface area contributed by atoms with E-state index < -0.39 is 11.9 Å². The molecule has 3 fully saturated rings. The first-order valence-electron chi connectivity index (χ1n) is 10.5. The molecule has 2 saturated carbocycles. The van der Waals surface area contributed by atoms with Crippen LogP contribution in [-0.2, 0) is 24.1 Å². The number of carbonyl (C=O) groups excluding carboxylic acids is 1. The molecule has 2 aliphatic carbocycles. The predicted molar refractivity (Wildman–Crippen MR) is 100 cm³/mol. The van der Waals surface area contributed by atoms with Crippen molar-refractivity contribution in [3.05, 3.63) is 29.6 Å². The molecule has 0 N–H and O–H groups in total. The Hall–Kier alpha value is -2.39. The van der Waals surface area contributed by atoms with Crippen molar-refractivity contribution in [2.75, 3.05) is 13.1 Å². The number of nitrogens with zero attached hydrogens (tertiary/aromatic N) is 6. The fraction of sp³-hybridized carbons (Fsp3) is 0.700. The molecule has 162 valence electrons. The molecule has 7 nitrogen and oxygen atoms in total. The van der Waals surface area contributed by atoms with E-state index in [0.717, 1.165) is 42.4 Å². The highest BCUT2D eigenvalue weighted by molar-refractivity contribution is 5.76. The number of hydrogen-bond donors (Lipinski definition) is 0. The topological polar surface area (TPSA) is 68.8 Å². The molecule has 3 aliphatic rings. The van der Waals surface area contributed by atoms with E-state index in [4.69, 9.17) is 0 Å². The monoisotopic (exact) mass is 422 g/mol. The Labute approximate surface area is 172 Å². The summed E-state index contributed by atoms with van der Waals surface area (Å²) in [5.41, 5.74) is -0.620. The van der Waals surface area contributed by atoms with Gasteiger partial charge in [0.2, 0.25) is 5.91 Å². The molecular weight excluding hydrogens is 397 g/mol. The third-order valence-corrected chi connectivity index (χ3v) is 7.02. The van der Waals surface area contributed by atoms with Gasteiger partial charge in [-0.15, -0.1) is 10.2 Å². The smallest absolute Gasteiger partial charge is 0.340 e. The highest BCUT2D eigenvalue weighted by Gasteiger charge is 2.53. The Balaban J connectivity index is 1.33. The van der Waals surface area contributed by atoms with Crippen LogP contribution in [0, 0.1) is 18.3 Å². The summed E-state index contributed by atoms with van der Waals surface area (Å²) in [6, 6.07) is 0.980. The van der Waals surface area contributed by atoms with Gasteiger partial charge in [-0.3, -0.25) is 9.48 Å². The summed E-state index contributed by atoms with van der Waals surface area (Å²) in [6.07, 6.45) is 2.95. The number of rotatable bonds is 5. The van der Waals surface area contributed by atoms with Gasteiger partial charge in [0.05, 0.1) is 0 Å². The van der Waals surface area contributed by atoms with E-state index in [9.17, 15) is 18.0 Å². The van der Waals surface area contributed by atoms with Crippen molar-refractivity contribution in [3.63, 3.8) is 0 Å². The first kappa shape index (κ1) is 19.6. The molecule has 1 amide bonds. The van der Waals surface area contributed by atoms with E-state index in [1.165, 1.54) is 19.8 Å². The molecule has 1 saturated heterocycles. The van der Waals surface area contributed by atoms with Crippen LogP contribution in [0.4, 0.5) is 13.2 Å². The molecule has 1 aliphatic heterocycles. The highest BCUT2D eigenvalue weighted by Crippen LogP contribution is 2.55. The Kier molecular flexibility index (Phi) is 4.44. The van der Waals surface area contributed by atoms with Crippen molar-refractivity contribution < 1.29 is 18.0 Å². The average molecular weight is 422 g/mol. The van der Waals surface area contributed by atoms with Gasteiger partial charge in [0.15, 0.2) is 5.69 Å². The third-order valence-electron chi connectivity index (χ3n) is 7.02. The van der Waals surface area contributed by atoms with Crippen molar-refractivity contribution in [3.8, 4) is 0 Å². The Bertz CT molecular complexity index is 956. The first-order chi connectivity index (χ1) is 14.2. The molecular formula is C20H25F3N6O. The van der Waals surface area contributed by atoms with E-state index >= 15 is 0 Å². The lowest BCUT2D eigenvalue weighted by Crippen LogP contribution is -2.39. The van der Waals surface area contributed by atoms with Gasteiger partial charge in [0, 0.05) is 31.2 Å². The maximum Gasteiger partial charge on any atom is 0.435 e. The summed E-state index contributed by atoms with van der Waals surface area (Å²) >= 11 is 0. The zero-order valence-corrected chi connectivity index (χ0v) is 16.9. The summed E-state index contributed by atoms with van der Waals surface area (Å²) in [5, 5.41) is 12.1. The quantitative estimate of drug-likeness (QED) is 0.743. The Morgan fingerprint density at radius 2 is 2.07 bits per heavy atom. The van der Waals surface area contributed by atoms with E-state index in [1.54, 1.807) is 11.2 Å². The van der Waals surface area contributed by atoms with Gasteiger partial charge in [0.1, 0.15) is 18.7 Å². The fourth-order valence-electron chi connectivity index (χ4n) is 4.94. The van der Waals surface area contributed by atoms with Gasteiger partial charge in [-0.1, -0.05) is 6.42 Å². The second-order valence-corrected chi connectivity index (χ2v) is 9.15. The van der Waals surface area contributed by atoms with E-state index in [2.05, 4.69) is 19.9 Å². The average Bonchev–Trinajstić information content (AvgIpc) is 3.02. The molecule has 5 rings (SSSR count). The molecule has 0 aromatic carbocycles. The number of alkyl halides is 3. The van der Waals surface area contributed by atoms with E-state index in [0.29, 0.717) is 24.7 Å². The predicted octanol–water partition coefficient (Wildman–Crippen LogP) is 3.01. The van der Waals surface area contributed by atoms with Crippen LogP contribution in [0.1, 0.15) is 55.2 Å². The third kappa shape index (κ3) is 3.39. The van der Waals surface area contributed by atoms with Gasteiger partial charge in [-0.2, -0.15) is 18.3 Å². The largest absolute Gasteiger partial charge is 0.435 e. The molecule has 1 spiro atoms. The van der Waals surface area contributed by atoms with Crippen molar-refractivity contribution in [1.82, 2.24) is 29.4 Å². The minimum Gasteiger partial charge on any atom is -0.340 e. The van der Waals surface area contributed by atoms with Gasteiger partial charge in [-0.05, 0) is 50.0 Å². The van der Waals surface area contributed by atoms with Gasteiger partial charge in [-0.25, -0.2) is 0 Å². The number of hydrogen-bond acceptors (Lipinski definition) is 4. The van der Waals surface area contributed by atoms with Gasteiger partial charge >= 0.3 is 6.18 Å². The number of amides is 1. The van der Waals surface area contributed by atoms with Crippen LogP contribution >= 0.6 is 0 Å². The van der Waals surface area contributed by atoms with Crippen LogP contribution in [0.3, 0.4) is 0 Å². The summed E-state index contributed by atoms with van der Waals surface area (Å²) in [4.78, 5) is 14.8. The molecule has 1 unspecified atom stereocenters. The number of carbonyl (C=O) groups is 1. The molecule has 10 heteroatoms. The Morgan fingerprint density at radius 3 is 2.67 bits per heavy atom. The summed E-state index contributed by atoms with van der Waals surface area (Å²) < 4.78 is 42.1. The standard InChI is InChI=1S/C20H25F3N6O/c1-13-7-16(20(21,22)23)26-29(13)10-17(30)27-9-15(19(11-27)5-2-6-19)18-25-24-12-28(18)8-14-3-4-14/h7,12,14-15H,2-6,8-11H2,1H3. The second-order valence-electron chi connectivity index (χ2n) is 9.15. The van der Waals surface area contributed by atoms with Crippen molar-refractivity contribution in [2.24, 2.45) is 11.3 Å². The second kappa shape index (κ2) is 6.81. The highest BCUT2D eigenvalue weighted by atomic mass is 19.4. The minimum absolute atomic E-state index is 0.0142. The van der Waals surface area contributed by atoms with Crippen molar-refractivity contribution in [1.29, 1.82) is 0 Å². The van der Waals surface area contributed by atoms with Crippen LogP contribution in [-0.4, -0.2) is 48.4 Å². The van der Waals surface area contributed by atoms with Crippen LogP contribution in [0.2, 0.25) is 0 Å². The van der Waals surface area contributed by atoms with E-state index in [-0.39, 0.29) is 23.8 Å². The lowest BCUT2D eigenvalue weighted by atomic mass is 9.62. The normalized spacial score (nSPS) is 23.2. The molecule has 0 bridgehead atoms. The first-order valence-corrected chi connectivity index (χ1v) is 10.5. The molecule has 3 heterocycles. The number of aromatic nitrogens is 5. The van der Waals surface area contributed by atoms with Gasteiger partial charge < -0.3 is 9.47 Å². The molecule has 2 aromatic heterocycles.